The second-order valence-electron chi connectivity index (χ2n) is 5.76. The molecule has 0 amide bonds. The van der Waals surface area contributed by atoms with Crippen LogP contribution >= 0.6 is 11.8 Å². The number of benzene rings is 1. The van der Waals surface area contributed by atoms with Gasteiger partial charge in [0.15, 0.2) is 0 Å². The molecule has 0 radical (unpaired) electrons. The van der Waals surface area contributed by atoms with E-state index < -0.39 is 0 Å². The van der Waals surface area contributed by atoms with Gasteiger partial charge in [-0.15, -0.1) is 11.8 Å². The second kappa shape index (κ2) is 6.93. The number of nitrogens with zero attached hydrogens (tertiary/aromatic N) is 2. The molecule has 0 aliphatic rings. The van der Waals surface area contributed by atoms with Crippen molar-refractivity contribution in [2.24, 2.45) is 0 Å². The van der Waals surface area contributed by atoms with Crippen LogP contribution in [-0.2, 0) is 5.41 Å². The van der Waals surface area contributed by atoms with Crippen molar-refractivity contribution >= 4 is 23.5 Å². The topological polar surface area (TPSA) is 77.8 Å². The van der Waals surface area contributed by atoms with Gasteiger partial charge in [0, 0.05) is 4.90 Å². The lowest BCUT2D eigenvalue weighted by Gasteiger charge is -2.18. The maximum atomic E-state index is 5.91. The molecule has 4 N–H and O–H groups in total. The van der Waals surface area contributed by atoms with Crippen LogP contribution in [0.3, 0.4) is 0 Å². The van der Waals surface area contributed by atoms with E-state index >= 15 is 0 Å². The minimum Gasteiger partial charge on any atom is -0.382 e. The highest BCUT2D eigenvalue weighted by atomic mass is 32.2. The van der Waals surface area contributed by atoms with Gasteiger partial charge in [0.1, 0.15) is 5.82 Å². The SMILES string of the molecule is CCSc1ccc(C(C)(C)C#Cc2c(C)nc(N)nc2N)cc1. The summed E-state index contributed by atoms with van der Waals surface area (Å²) in [6.07, 6.45) is 0. The van der Waals surface area contributed by atoms with Crippen LogP contribution in [0.5, 0.6) is 0 Å². The highest BCUT2D eigenvalue weighted by Crippen LogP contribution is 2.26. The maximum Gasteiger partial charge on any atom is 0.222 e. The summed E-state index contributed by atoms with van der Waals surface area (Å²) in [5.41, 5.74) is 13.7. The van der Waals surface area contributed by atoms with E-state index in [-0.39, 0.29) is 11.4 Å². The molecular formula is C18H22N4S. The van der Waals surface area contributed by atoms with Gasteiger partial charge in [0.05, 0.1) is 16.7 Å². The summed E-state index contributed by atoms with van der Waals surface area (Å²) < 4.78 is 0. The Bertz CT molecular complexity index is 732. The van der Waals surface area contributed by atoms with Gasteiger partial charge >= 0.3 is 0 Å². The first-order valence-electron chi connectivity index (χ1n) is 7.49. The first-order valence-corrected chi connectivity index (χ1v) is 8.48. The van der Waals surface area contributed by atoms with E-state index in [9.17, 15) is 0 Å². The number of aromatic nitrogens is 2. The summed E-state index contributed by atoms with van der Waals surface area (Å²) in [5, 5.41) is 0. The summed E-state index contributed by atoms with van der Waals surface area (Å²) in [6.45, 7) is 8.16. The van der Waals surface area contributed by atoms with Gasteiger partial charge in [-0.1, -0.05) is 30.9 Å². The van der Waals surface area contributed by atoms with Crippen molar-refractivity contribution in [3.63, 3.8) is 0 Å². The van der Waals surface area contributed by atoms with Crippen molar-refractivity contribution in [3.8, 4) is 11.8 Å². The van der Waals surface area contributed by atoms with Gasteiger partial charge < -0.3 is 11.5 Å². The molecule has 23 heavy (non-hydrogen) atoms. The lowest BCUT2D eigenvalue weighted by molar-refractivity contribution is 0.697. The molecule has 0 bridgehead atoms. The number of thioether (sulfide) groups is 1. The first kappa shape index (κ1) is 17.2. The van der Waals surface area contributed by atoms with Crippen LogP contribution in [0, 0.1) is 18.8 Å². The predicted octanol–water partition coefficient (Wildman–Crippen LogP) is 3.39. The van der Waals surface area contributed by atoms with E-state index in [2.05, 4.69) is 66.8 Å². The zero-order valence-corrected chi connectivity index (χ0v) is 14.8. The largest absolute Gasteiger partial charge is 0.382 e. The average Bonchev–Trinajstić information content (AvgIpc) is 2.47. The Balaban J connectivity index is 2.32. The molecule has 120 valence electrons. The van der Waals surface area contributed by atoms with E-state index in [0.717, 1.165) is 11.3 Å². The molecule has 0 aliphatic carbocycles. The number of hydrogen-bond acceptors (Lipinski definition) is 5. The summed E-state index contributed by atoms with van der Waals surface area (Å²) >= 11 is 1.83. The smallest absolute Gasteiger partial charge is 0.222 e. The van der Waals surface area contributed by atoms with E-state index in [1.165, 1.54) is 4.90 Å². The summed E-state index contributed by atoms with van der Waals surface area (Å²) in [5.74, 6) is 7.98. The third-order valence-corrected chi connectivity index (χ3v) is 4.42. The van der Waals surface area contributed by atoms with Crippen molar-refractivity contribution in [1.82, 2.24) is 9.97 Å². The zero-order chi connectivity index (χ0) is 17.0. The number of anilines is 2. The molecule has 2 aromatic rings. The van der Waals surface area contributed by atoms with Gasteiger partial charge in [0.2, 0.25) is 5.95 Å². The molecule has 0 unspecified atom stereocenters. The molecule has 1 aromatic carbocycles. The van der Waals surface area contributed by atoms with Crippen molar-refractivity contribution < 1.29 is 0 Å². The van der Waals surface area contributed by atoms with Crippen LogP contribution in [-0.4, -0.2) is 15.7 Å². The molecule has 1 heterocycles. The minimum absolute atomic E-state index is 0.175. The summed E-state index contributed by atoms with van der Waals surface area (Å²) in [4.78, 5) is 9.37. The molecule has 4 nitrogen and oxygen atoms in total. The van der Waals surface area contributed by atoms with Crippen molar-refractivity contribution in [3.05, 3.63) is 41.1 Å². The Labute approximate surface area is 142 Å². The van der Waals surface area contributed by atoms with Crippen LogP contribution in [0.4, 0.5) is 11.8 Å². The van der Waals surface area contributed by atoms with Crippen molar-refractivity contribution in [1.29, 1.82) is 0 Å². The van der Waals surface area contributed by atoms with Crippen LogP contribution in [0.2, 0.25) is 0 Å². The monoisotopic (exact) mass is 326 g/mol. The molecular weight excluding hydrogens is 304 g/mol. The van der Waals surface area contributed by atoms with E-state index in [4.69, 9.17) is 11.5 Å². The quantitative estimate of drug-likeness (QED) is 0.668. The Morgan fingerprint density at radius 3 is 2.35 bits per heavy atom. The molecule has 0 saturated heterocycles. The fourth-order valence-corrected chi connectivity index (χ4v) is 2.86. The number of aryl methyl sites for hydroxylation is 1. The lowest BCUT2D eigenvalue weighted by atomic mass is 9.85. The third kappa shape index (κ3) is 4.17. The molecule has 5 heteroatoms. The van der Waals surface area contributed by atoms with Crippen molar-refractivity contribution in [2.45, 2.75) is 38.0 Å². The molecule has 0 fully saturated rings. The van der Waals surface area contributed by atoms with Crippen LogP contribution in [0.15, 0.2) is 29.2 Å². The number of nitrogen functional groups attached to an aromatic ring is 2. The van der Waals surface area contributed by atoms with E-state index in [0.29, 0.717) is 17.1 Å². The zero-order valence-electron chi connectivity index (χ0n) is 14.0. The Hall–Kier alpha value is -2.19. The van der Waals surface area contributed by atoms with Crippen LogP contribution in [0.1, 0.15) is 37.6 Å². The minimum atomic E-state index is -0.296. The van der Waals surface area contributed by atoms with Gasteiger partial charge in [0.25, 0.3) is 0 Å². The average molecular weight is 326 g/mol. The standard InChI is InChI=1S/C18H22N4S/c1-5-23-14-8-6-13(7-9-14)18(3,4)11-10-15-12(2)21-17(20)22-16(15)19/h6-9H,5H2,1-4H3,(H4,19,20,21,22). The summed E-state index contributed by atoms with van der Waals surface area (Å²) in [6, 6.07) is 8.53. The van der Waals surface area contributed by atoms with Crippen molar-refractivity contribution in [2.75, 3.05) is 17.2 Å². The second-order valence-corrected chi connectivity index (χ2v) is 7.10. The molecule has 0 saturated carbocycles. The Morgan fingerprint density at radius 2 is 1.78 bits per heavy atom. The fourth-order valence-electron chi connectivity index (χ4n) is 2.20. The highest BCUT2D eigenvalue weighted by Gasteiger charge is 2.17. The summed E-state index contributed by atoms with van der Waals surface area (Å²) in [7, 11) is 0. The van der Waals surface area contributed by atoms with Gasteiger partial charge in [-0.3, -0.25) is 0 Å². The highest BCUT2D eigenvalue weighted by molar-refractivity contribution is 7.99. The lowest BCUT2D eigenvalue weighted by Crippen LogP contribution is -2.14. The molecule has 0 spiro atoms. The van der Waals surface area contributed by atoms with Gasteiger partial charge in [-0.2, -0.15) is 4.98 Å². The Kier molecular flexibility index (Phi) is 5.17. The Morgan fingerprint density at radius 1 is 1.13 bits per heavy atom. The molecule has 1 aromatic heterocycles. The normalized spacial score (nSPS) is 11.0. The van der Waals surface area contributed by atoms with E-state index in [1.807, 2.05) is 18.7 Å². The molecule has 0 aliphatic heterocycles. The van der Waals surface area contributed by atoms with Crippen LogP contribution < -0.4 is 11.5 Å². The first-order chi connectivity index (χ1) is 10.8. The molecule has 0 atom stereocenters. The third-order valence-electron chi connectivity index (χ3n) is 3.52. The van der Waals surface area contributed by atoms with E-state index in [1.54, 1.807) is 0 Å². The number of hydrogen-bond donors (Lipinski definition) is 2. The predicted molar refractivity (Wildman–Crippen MR) is 98.3 cm³/mol. The number of rotatable bonds is 3. The van der Waals surface area contributed by atoms with Crippen LogP contribution in [0.25, 0.3) is 0 Å². The maximum absolute atomic E-state index is 5.91. The number of nitrogens with two attached hydrogens (primary N) is 2. The van der Waals surface area contributed by atoms with Gasteiger partial charge in [-0.05, 0) is 44.2 Å². The molecule has 2 rings (SSSR count). The fraction of sp³-hybridized carbons (Fsp3) is 0.333. The van der Waals surface area contributed by atoms with Gasteiger partial charge in [-0.25, -0.2) is 4.98 Å².